The molecule has 0 aromatic heterocycles. The molecule has 5 nitrogen and oxygen atoms in total. The highest BCUT2D eigenvalue weighted by Gasteiger charge is 2.15. The zero-order valence-electron chi connectivity index (χ0n) is 21.8. The van der Waals surface area contributed by atoms with Crippen molar-refractivity contribution in [1.82, 2.24) is 0 Å². The van der Waals surface area contributed by atoms with Crippen LogP contribution in [-0.2, 0) is 19.1 Å². The van der Waals surface area contributed by atoms with E-state index in [4.69, 9.17) is 9.47 Å². The van der Waals surface area contributed by atoms with Crippen molar-refractivity contribution in [3.05, 3.63) is 36.5 Å². The minimum atomic E-state index is -0.790. The molecule has 0 heterocycles. The molecule has 0 spiro atoms. The first-order valence-corrected chi connectivity index (χ1v) is 13.5. The number of ether oxygens (including phenoxy) is 2. The van der Waals surface area contributed by atoms with Crippen molar-refractivity contribution < 1.29 is 24.2 Å². The van der Waals surface area contributed by atoms with Gasteiger partial charge in [0.05, 0.1) is 6.61 Å². The van der Waals surface area contributed by atoms with E-state index in [9.17, 15) is 14.7 Å². The van der Waals surface area contributed by atoms with Crippen LogP contribution in [0.5, 0.6) is 0 Å². The quantitative estimate of drug-likeness (QED) is 0.0942. The fourth-order valence-corrected chi connectivity index (χ4v) is 3.40. The molecule has 0 fully saturated rings. The van der Waals surface area contributed by atoms with Gasteiger partial charge in [-0.15, -0.1) is 0 Å². The molecule has 0 rings (SSSR count). The predicted molar refractivity (Wildman–Crippen MR) is 141 cm³/mol. The zero-order chi connectivity index (χ0) is 25.1. The molecule has 0 aliphatic carbocycles. The van der Waals surface area contributed by atoms with E-state index in [1.54, 1.807) is 0 Å². The standard InChI is InChI=1S/C29H50O5/c1-3-5-7-9-11-13-14-16-18-20-22-24-29(32)34-27(25-30)26-33-28(31)23-21-19-17-15-12-10-8-6-4-2/h5,7,11,13,16,18,27,30H,3-4,6,8-10,12,14-15,17,19-26H2,1-2H3/b7-5+,13-11+,18-16+/t27-/m1/s1. The Kier molecular flexibility index (Phi) is 24.3. The number of aliphatic hydroxyl groups is 1. The maximum atomic E-state index is 12.0. The molecule has 0 aromatic rings. The van der Waals surface area contributed by atoms with Gasteiger partial charge in [0.2, 0.25) is 0 Å². The maximum absolute atomic E-state index is 12.0. The second-order valence-electron chi connectivity index (χ2n) is 8.74. The minimum Gasteiger partial charge on any atom is -0.462 e. The van der Waals surface area contributed by atoms with Gasteiger partial charge in [-0.2, -0.15) is 0 Å². The van der Waals surface area contributed by atoms with E-state index in [1.807, 2.05) is 0 Å². The highest BCUT2D eigenvalue weighted by molar-refractivity contribution is 5.70. The van der Waals surface area contributed by atoms with Crippen LogP contribution >= 0.6 is 0 Å². The van der Waals surface area contributed by atoms with Gasteiger partial charge in [0.25, 0.3) is 0 Å². The molecule has 0 aliphatic heterocycles. The molecule has 0 aliphatic rings. The van der Waals surface area contributed by atoms with Gasteiger partial charge < -0.3 is 14.6 Å². The molecule has 0 aromatic carbocycles. The number of hydrogen-bond donors (Lipinski definition) is 1. The number of allylic oxidation sites excluding steroid dienone is 6. The first-order valence-electron chi connectivity index (χ1n) is 13.5. The van der Waals surface area contributed by atoms with Crippen molar-refractivity contribution in [3.63, 3.8) is 0 Å². The summed E-state index contributed by atoms with van der Waals surface area (Å²) in [5, 5.41) is 9.41. The van der Waals surface area contributed by atoms with Crippen LogP contribution in [0.25, 0.3) is 0 Å². The summed E-state index contributed by atoms with van der Waals surface area (Å²) in [5.74, 6) is -0.664. The number of hydrogen-bond acceptors (Lipinski definition) is 5. The summed E-state index contributed by atoms with van der Waals surface area (Å²) in [7, 11) is 0. The molecule has 5 heteroatoms. The van der Waals surface area contributed by atoms with Crippen LogP contribution in [0, 0.1) is 0 Å². The van der Waals surface area contributed by atoms with E-state index in [2.05, 4.69) is 50.3 Å². The molecule has 1 atom stereocenters. The van der Waals surface area contributed by atoms with Crippen molar-refractivity contribution in [3.8, 4) is 0 Å². The number of esters is 2. The van der Waals surface area contributed by atoms with Gasteiger partial charge >= 0.3 is 11.9 Å². The van der Waals surface area contributed by atoms with Crippen molar-refractivity contribution in [2.45, 2.75) is 123 Å². The van der Waals surface area contributed by atoms with Gasteiger partial charge in [-0.05, 0) is 38.5 Å². The number of unbranched alkanes of at least 4 members (excludes halogenated alkanes) is 9. The molecule has 0 unspecified atom stereocenters. The zero-order valence-corrected chi connectivity index (χ0v) is 21.8. The molecule has 34 heavy (non-hydrogen) atoms. The normalized spacial score (nSPS) is 12.7. The second kappa shape index (κ2) is 25.7. The molecular weight excluding hydrogens is 428 g/mol. The van der Waals surface area contributed by atoms with Crippen molar-refractivity contribution in [1.29, 1.82) is 0 Å². The van der Waals surface area contributed by atoms with Crippen molar-refractivity contribution in [2.24, 2.45) is 0 Å². The van der Waals surface area contributed by atoms with Gasteiger partial charge in [-0.25, -0.2) is 0 Å². The fraction of sp³-hybridized carbons (Fsp3) is 0.724. The highest BCUT2D eigenvalue weighted by atomic mass is 16.6. The Morgan fingerprint density at radius 2 is 1.26 bits per heavy atom. The number of carbonyl (C=O) groups excluding carboxylic acids is 2. The van der Waals surface area contributed by atoms with Crippen LogP contribution in [0.3, 0.4) is 0 Å². The largest absolute Gasteiger partial charge is 0.462 e. The third-order valence-electron chi connectivity index (χ3n) is 5.45. The van der Waals surface area contributed by atoms with Gasteiger partial charge in [0.15, 0.2) is 6.10 Å². The van der Waals surface area contributed by atoms with Crippen LogP contribution in [0.1, 0.15) is 117 Å². The lowest BCUT2D eigenvalue weighted by Crippen LogP contribution is -2.28. The lowest BCUT2D eigenvalue weighted by Gasteiger charge is -2.15. The summed E-state index contributed by atoms with van der Waals surface area (Å²) < 4.78 is 10.4. The summed E-state index contributed by atoms with van der Waals surface area (Å²) in [6.45, 7) is 3.91. The summed E-state index contributed by atoms with van der Waals surface area (Å²) in [6.07, 6.45) is 27.8. The third kappa shape index (κ3) is 23.3. The third-order valence-corrected chi connectivity index (χ3v) is 5.45. The molecular formula is C29H50O5. The van der Waals surface area contributed by atoms with Gasteiger partial charge in [-0.1, -0.05) is 102 Å². The summed E-state index contributed by atoms with van der Waals surface area (Å²) in [6, 6.07) is 0. The first kappa shape index (κ1) is 32.1. The van der Waals surface area contributed by atoms with Crippen molar-refractivity contribution in [2.75, 3.05) is 13.2 Å². The Balaban J connectivity index is 3.74. The molecule has 0 bridgehead atoms. The topological polar surface area (TPSA) is 72.8 Å². The van der Waals surface area contributed by atoms with E-state index in [0.29, 0.717) is 12.8 Å². The fourth-order valence-electron chi connectivity index (χ4n) is 3.40. The summed E-state index contributed by atoms with van der Waals surface area (Å²) in [5.41, 5.74) is 0. The van der Waals surface area contributed by atoms with Gasteiger partial charge in [0.1, 0.15) is 6.61 Å². The van der Waals surface area contributed by atoms with E-state index in [0.717, 1.165) is 44.9 Å². The summed E-state index contributed by atoms with van der Waals surface area (Å²) in [4.78, 5) is 23.8. The lowest BCUT2D eigenvalue weighted by atomic mass is 10.1. The molecule has 0 radical (unpaired) electrons. The SMILES string of the molecule is CC/C=C/C/C=C/C/C=C/CCCC(=O)O[C@H](CO)COC(=O)CCCCCCCCCCC. The van der Waals surface area contributed by atoms with Crippen molar-refractivity contribution >= 4 is 11.9 Å². The predicted octanol–water partition coefficient (Wildman–Crippen LogP) is 7.38. The Hall–Kier alpha value is -1.88. The summed E-state index contributed by atoms with van der Waals surface area (Å²) >= 11 is 0. The minimum absolute atomic E-state index is 0.0851. The molecule has 0 saturated carbocycles. The van der Waals surface area contributed by atoms with Crippen LogP contribution < -0.4 is 0 Å². The average Bonchev–Trinajstić information content (AvgIpc) is 2.84. The van der Waals surface area contributed by atoms with Crippen LogP contribution in [0.4, 0.5) is 0 Å². The Morgan fingerprint density at radius 1 is 0.706 bits per heavy atom. The smallest absolute Gasteiger partial charge is 0.306 e. The molecule has 1 N–H and O–H groups in total. The number of carbonyl (C=O) groups is 2. The molecule has 196 valence electrons. The highest BCUT2D eigenvalue weighted by Crippen LogP contribution is 2.11. The van der Waals surface area contributed by atoms with E-state index >= 15 is 0 Å². The first-order chi connectivity index (χ1) is 16.6. The van der Waals surface area contributed by atoms with E-state index in [1.165, 1.54) is 38.5 Å². The monoisotopic (exact) mass is 478 g/mol. The number of rotatable bonds is 23. The Labute approximate surface area is 208 Å². The molecule has 0 saturated heterocycles. The van der Waals surface area contributed by atoms with Gasteiger partial charge in [0, 0.05) is 12.8 Å². The Bertz CT molecular complexity index is 565. The Morgan fingerprint density at radius 3 is 1.88 bits per heavy atom. The van der Waals surface area contributed by atoms with E-state index < -0.39 is 6.10 Å². The lowest BCUT2D eigenvalue weighted by molar-refractivity contribution is -0.161. The van der Waals surface area contributed by atoms with Gasteiger partial charge in [-0.3, -0.25) is 9.59 Å². The van der Waals surface area contributed by atoms with Crippen LogP contribution in [0.15, 0.2) is 36.5 Å². The van der Waals surface area contributed by atoms with Crippen LogP contribution in [-0.4, -0.2) is 36.4 Å². The average molecular weight is 479 g/mol. The van der Waals surface area contributed by atoms with E-state index in [-0.39, 0.29) is 31.6 Å². The number of aliphatic hydroxyl groups excluding tert-OH is 1. The molecule has 0 amide bonds. The second-order valence-corrected chi connectivity index (χ2v) is 8.74. The maximum Gasteiger partial charge on any atom is 0.306 e. The van der Waals surface area contributed by atoms with Crippen LogP contribution in [0.2, 0.25) is 0 Å².